The molecule has 1 aliphatic rings. The number of hydrogen-bond acceptors (Lipinski definition) is 13. The van der Waals surface area contributed by atoms with Gasteiger partial charge in [-0.15, -0.1) is 0 Å². The number of rotatable bonds is 5. The van der Waals surface area contributed by atoms with Crippen molar-refractivity contribution in [2.75, 3.05) is 23.9 Å². The van der Waals surface area contributed by atoms with Gasteiger partial charge in [-0.25, -0.2) is 15.0 Å². The Hall–Kier alpha value is -5.63. The van der Waals surface area contributed by atoms with Crippen LogP contribution in [-0.2, 0) is 0 Å². The van der Waals surface area contributed by atoms with Gasteiger partial charge < -0.3 is 26.3 Å². The van der Waals surface area contributed by atoms with Gasteiger partial charge in [0, 0.05) is 17.8 Å². The molecule has 1 aromatic carbocycles. The molecule has 3 heterocycles. The van der Waals surface area contributed by atoms with Crippen molar-refractivity contribution in [2.45, 2.75) is 6.04 Å². The molecule has 0 spiro atoms. The summed E-state index contributed by atoms with van der Waals surface area (Å²) in [6.45, 7) is 0. The summed E-state index contributed by atoms with van der Waals surface area (Å²) in [5, 5.41) is 35.0. The van der Waals surface area contributed by atoms with E-state index in [9.17, 15) is 15.4 Å². The highest BCUT2D eigenvalue weighted by molar-refractivity contribution is 5.98. The fraction of sp³-hybridized carbons (Fsp3) is 0.0952. The van der Waals surface area contributed by atoms with Crippen LogP contribution in [0.3, 0.4) is 0 Å². The number of methoxy groups -OCH3 is 1. The summed E-state index contributed by atoms with van der Waals surface area (Å²) >= 11 is 0. The predicted octanol–water partition coefficient (Wildman–Crippen LogP) is 2.16. The van der Waals surface area contributed by atoms with E-state index < -0.39 is 11.0 Å². The Morgan fingerprint density at radius 2 is 2.06 bits per heavy atom. The Balaban J connectivity index is 1.81. The number of anilines is 3. The lowest BCUT2D eigenvalue weighted by Gasteiger charge is -2.26. The van der Waals surface area contributed by atoms with Crippen LogP contribution in [0.15, 0.2) is 41.5 Å². The molecule has 0 amide bonds. The molecule has 0 radical (unpaired) electrons. The number of aromatic nitrogens is 2. The van der Waals surface area contributed by atoms with E-state index in [-0.39, 0.29) is 51.9 Å². The van der Waals surface area contributed by atoms with Crippen molar-refractivity contribution in [2.24, 2.45) is 4.99 Å². The number of nitro groups is 1. The van der Waals surface area contributed by atoms with Crippen LogP contribution in [0.2, 0.25) is 0 Å². The number of aliphatic imine (C=N–C) groups is 1. The number of fused-ring (bicyclic) bond motifs is 1. The molecule has 0 saturated carbocycles. The fourth-order valence-electron chi connectivity index (χ4n) is 3.46. The number of pyridine rings is 2. The maximum absolute atomic E-state index is 11.3. The lowest BCUT2D eigenvalue weighted by Crippen LogP contribution is -2.32. The highest BCUT2D eigenvalue weighted by Gasteiger charge is 2.30. The third kappa shape index (κ3) is 4.10. The van der Waals surface area contributed by atoms with E-state index in [1.165, 1.54) is 31.5 Å². The first-order chi connectivity index (χ1) is 16.9. The first-order valence-electron chi connectivity index (χ1n) is 9.82. The topological polar surface area (TPSA) is 223 Å². The van der Waals surface area contributed by atoms with E-state index in [2.05, 4.69) is 25.6 Å². The van der Waals surface area contributed by atoms with Crippen molar-refractivity contribution >= 4 is 29.0 Å². The summed E-state index contributed by atoms with van der Waals surface area (Å²) in [5.41, 5.74) is 12.8. The van der Waals surface area contributed by atoms with Crippen molar-refractivity contribution < 1.29 is 14.4 Å². The van der Waals surface area contributed by atoms with Gasteiger partial charge in [-0.1, -0.05) is 6.07 Å². The lowest BCUT2D eigenvalue weighted by molar-refractivity contribution is -0.386. The lowest BCUT2D eigenvalue weighted by atomic mass is 9.95. The van der Waals surface area contributed by atoms with Gasteiger partial charge in [0.2, 0.25) is 5.96 Å². The number of nitrogens with two attached hydrogens (primary N) is 2. The van der Waals surface area contributed by atoms with Crippen molar-refractivity contribution in [1.29, 1.82) is 10.5 Å². The van der Waals surface area contributed by atoms with Crippen LogP contribution in [0.25, 0.3) is 0 Å². The Kier molecular flexibility index (Phi) is 5.85. The molecule has 1 aliphatic heterocycles. The van der Waals surface area contributed by atoms with E-state index in [1.807, 2.05) is 6.07 Å². The zero-order chi connectivity index (χ0) is 25.1. The maximum Gasteiger partial charge on any atom is 0.331 e. The van der Waals surface area contributed by atoms with Crippen LogP contribution < -0.4 is 31.6 Å². The normalized spacial score (nSPS) is 13.8. The Bertz CT molecular complexity index is 1460. The van der Waals surface area contributed by atoms with Gasteiger partial charge in [-0.2, -0.15) is 10.5 Å². The van der Waals surface area contributed by atoms with E-state index >= 15 is 0 Å². The number of nitrogens with zero attached hydrogens (tertiary/aromatic N) is 6. The minimum absolute atomic E-state index is 0.00294. The van der Waals surface area contributed by atoms with E-state index in [0.29, 0.717) is 11.1 Å². The number of benzene rings is 1. The third-order valence-electron chi connectivity index (χ3n) is 5.02. The molecular weight excluding hydrogens is 456 g/mol. The zero-order valence-electron chi connectivity index (χ0n) is 18.0. The molecule has 3 aromatic rings. The Labute approximate surface area is 197 Å². The first-order valence-corrected chi connectivity index (χ1v) is 9.82. The molecule has 0 fully saturated rings. The molecule has 6 N–H and O–H groups in total. The van der Waals surface area contributed by atoms with Gasteiger partial charge in [0.15, 0.2) is 17.7 Å². The van der Waals surface area contributed by atoms with Gasteiger partial charge in [0.1, 0.15) is 29.3 Å². The summed E-state index contributed by atoms with van der Waals surface area (Å²) < 4.78 is 11.1. The number of hydrogen-bond donors (Lipinski definition) is 4. The average molecular weight is 472 g/mol. The summed E-state index contributed by atoms with van der Waals surface area (Å²) in [4.78, 5) is 23.3. The van der Waals surface area contributed by atoms with E-state index in [4.69, 9.17) is 26.2 Å². The van der Waals surface area contributed by atoms with Crippen molar-refractivity contribution in [1.82, 2.24) is 15.3 Å². The van der Waals surface area contributed by atoms with Gasteiger partial charge in [0.25, 0.3) is 5.88 Å². The summed E-state index contributed by atoms with van der Waals surface area (Å²) in [6.07, 6.45) is 3.14. The van der Waals surface area contributed by atoms with Gasteiger partial charge in [-0.3, -0.25) is 15.4 Å². The number of nitrogen functional groups attached to an aromatic ring is 2. The predicted molar refractivity (Wildman–Crippen MR) is 123 cm³/mol. The molecule has 14 heteroatoms. The Morgan fingerprint density at radius 1 is 1.26 bits per heavy atom. The third-order valence-corrected chi connectivity index (χ3v) is 5.02. The van der Waals surface area contributed by atoms with Crippen LogP contribution in [-0.4, -0.2) is 28.0 Å². The molecule has 0 saturated heterocycles. The molecule has 174 valence electrons. The number of nitrogens with one attached hydrogen (secondary N) is 2. The molecule has 2 aromatic heterocycles. The highest BCUT2D eigenvalue weighted by atomic mass is 16.6. The van der Waals surface area contributed by atoms with Crippen molar-refractivity contribution in [3.8, 4) is 29.6 Å². The number of nitriles is 2. The summed E-state index contributed by atoms with van der Waals surface area (Å²) in [7, 11) is 1.39. The second-order valence-corrected chi connectivity index (χ2v) is 7.00. The Morgan fingerprint density at radius 3 is 2.74 bits per heavy atom. The van der Waals surface area contributed by atoms with E-state index in [1.54, 1.807) is 18.3 Å². The first kappa shape index (κ1) is 22.6. The van der Waals surface area contributed by atoms with Crippen LogP contribution >= 0.6 is 0 Å². The van der Waals surface area contributed by atoms with Gasteiger partial charge >= 0.3 is 5.69 Å². The van der Waals surface area contributed by atoms with Crippen LogP contribution in [0, 0.1) is 32.9 Å². The molecule has 1 atom stereocenters. The molecule has 4 rings (SSSR count). The standard InChI is InChI=1S/C21H16N10O4/c1-34-14-7-10(4-5-13(14)35-20-12(31(32)33)3-2-6-26-20)17-15-16(24)11(8-22)18(25)29-19(15)30-21(28-17)27-9-23/h2-7,17H,1H3,(H6,24,25,27,28,29,30). The van der Waals surface area contributed by atoms with Crippen LogP contribution in [0.4, 0.5) is 23.0 Å². The zero-order valence-corrected chi connectivity index (χ0v) is 18.0. The van der Waals surface area contributed by atoms with Crippen LogP contribution in [0.5, 0.6) is 17.4 Å². The summed E-state index contributed by atoms with van der Waals surface area (Å²) in [5.74, 6) is 0.399. The second-order valence-electron chi connectivity index (χ2n) is 7.00. The molecule has 1 unspecified atom stereocenters. The molecule has 35 heavy (non-hydrogen) atoms. The SMILES string of the molecule is COc1cc(C2N=C(NC#N)Nc3nc(N)c(C#N)c(N)c32)ccc1Oc1ncccc1[N+](=O)[O-]. The van der Waals surface area contributed by atoms with E-state index in [0.717, 1.165) is 0 Å². The highest BCUT2D eigenvalue weighted by Crippen LogP contribution is 2.43. The minimum Gasteiger partial charge on any atom is -0.493 e. The number of ether oxygens (including phenoxy) is 2. The second kappa shape index (κ2) is 9.08. The quantitative estimate of drug-likeness (QED) is 0.181. The van der Waals surface area contributed by atoms with Gasteiger partial charge in [-0.05, 0) is 23.8 Å². The largest absolute Gasteiger partial charge is 0.493 e. The monoisotopic (exact) mass is 472 g/mol. The smallest absolute Gasteiger partial charge is 0.331 e. The number of guanidine groups is 1. The molecular formula is C21H16N10O4. The molecule has 0 aliphatic carbocycles. The summed E-state index contributed by atoms with van der Waals surface area (Å²) in [6, 6.07) is 8.54. The molecule has 0 bridgehead atoms. The van der Waals surface area contributed by atoms with Crippen molar-refractivity contribution in [3.63, 3.8) is 0 Å². The van der Waals surface area contributed by atoms with Crippen molar-refractivity contribution in [3.05, 3.63) is 63.3 Å². The van der Waals surface area contributed by atoms with Gasteiger partial charge in [0.05, 0.1) is 17.7 Å². The minimum atomic E-state index is -0.811. The maximum atomic E-state index is 11.3. The van der Waals surface area contributed by atoms with Crippen LogP contribution in [0.1, 0.15) is 22.7 Å². The average Bonchev–Trinajstić information content (AvgIpc) is 2.84. The molecule has 14 nitrogen and oxygen atoms in total. The fourth-order valence-corrected chi connectivity index (χ4v) is 3.46.